The first kappa shape index (κ1) is 15.7. The quantitative estimate of drug-likeness (QED) is 0.804. The lowest BCUT2D eigenvalue weighted by molar-refractivity contribution is 0.433. The molecular formula is C13H18BrN5O2S. The van der Waals surface area contributed by atoms with Crippen LogP contribution < -0.4 is 0 Å². The van der Waals surface area contributed by atoms with Gasteiger partial charge in [-0.15, -0.1) is 0 Å². The van der Waals surface area contributed by atoms with Gasteiger partial charge in [-0.25, -0.2) is 13.4 Å². The highest BCUT2D eigenvalue weighted by Gasteiger charge is 2.35. The normalized spacial score (nSPS) is 20.1. The molecule has 1 atom stereocenters. The van der Waals surface area contributed by atoms with Crippen molar-refractivity contribution in [3.63, 3.8) is 0 Å². The van der Waals surface area contributed by atoms with E-state index in [0.29, 0.717) is 13.1 Å². The van der Waals surface area contributed by atoms with Crippen molar-refractivity contribution >= 4 is 26.0 Å². The van der Waals surface area contributed by atoms with Crippen molar-refractivity contribution in [2.75, 3.05) is 13.1 Å². The molecule has 1 aliphatic heterocycles. The number of halogens is 1. The van der Waals surface area contributed by atoms with Gasteiger partial charge in [0, 0.05) is 31.5 Å². The van der Waals surface area contributed by atoms with Crippen LogP contribution in [0.4, 0.5) is 0 Å². The summed E-state index contributed by atoms with van der Waals surface area (Å²) in [6.07, 6.45) is 7.49. The highest BCUT2D eigenvalue weighted by Crippen LogP contribution is 2.27. The molecule has 1 unspecified atom stereocenters. The molecule has 0 bridgehead atoms. The van der Waals surface area contributed by atoms with Crippen LogP contribution in [0.2, 0.25) is 0 Å². The minimum atomic E-state index is -3.54. The molecule has 1 fully saturated rings. The van der Waals surface area contributed by atoms with Crippen LogP contribution in [-0.2, 0) is 10.0 Å². The molecule has 9 heteroatoms. The van der Waals surface area contributed by atoms with Crippen LogP contribution in [0, 0.1) is 0 Å². The standard InChI is InChI=1S/C13H18BrN5O2S/c1-10(2)17-8-13(15-9-17)22(20,21)18-4-3-12(7-18)19-6-11(14)5-16-19/h5-6,8-10,12H,3-4,7H2,1-2H3. The first-order valence-electron chi connectivity index (χ1n) is 7.11. The third-order valence-corrected chi connectivity index (χ3v) is 6.01. The van der Waals surface area contributed by atoms with Crippen LogP contribution in [0.1, 0.15) is 32.4 Å². The molecule has 0 aliphatic carbocycles. The molecule has 1 saturated heterocycles. The zero-order chi connectivity index (χ0) is 15.9. The van der Waals surface area contributed by atoms with Gasteiger partial charge in [0.1, 0.15) is 0 Å². The molecule has 0 aromatic carbocycles. The van der Waals surface area contributed by atoms with E-state index >= 15 is 0 Å². The van der Waals surface area contributed by atoms with Crippen molar-refractivity contribution < 1.29 is 8.42 Å². The third-order valence-electron chi connectivity index (χ3n) is 3.85. The Morgan fingerprint density at radius 3 is 2.73 bits per heavy atom. The van der Waals surface area contributed by atoms with Crippen LogP contribution in [0.25, 0.3) is 0 Å². The maximum atomic E-state index is 12.7. The van der Waals surface area contributed by atoms with Gasteiger partial charge in [0.05, 0.1) is 23.0 Å². The number of imidazole rings is 1. The molecule has 2 aromatic rings. The van der Waals surface area contributed by atoms with Crippen LogP contribution in [-0.4, -0.2) is 45.1 Å². The molecule has 22 heavy (non-hydrogen) atoms. The smallest absolute Gasteiger partial charge is 0.262 e. The van der Waals surface area contributed by atoms with E-state index < -0.39 is 10.0 Å². The second kappa shape index (κ2) is 5.78. The molecule has 0 spiro atoms. The Hall–Kier alpha value is -1.19. The lowest BCUT2D eigenvalue weighted by Crippen LogP contribution is -2.29. The van der Waals surface area contributed by atoms with Crippen LogP contribution in [0.15, 0.2) is 34.4 Å². The molecule has 2 aromatic heterocycles. The van der Waals surface area contributed by atoms with Crippen LogP contribution in [0.3, 0.4) is 0 Å². The van der Waals surface area contributed by atoms with E-state index in [9.17, 15) is 8.42 Å². The Morgan fingerprint density at radius 1 is 1.36 bits per heavy atom. The lowest BCUT2D eigenvalue weighted by Gasteiger charge is -2.15. The van der Waals surface area contributed by atoms with Crippen LogP contribution in [0.5, 0.6) is 0 Å². The number of nitrogens with zero attached hydrogens (tertiary/aromatic N) is 5. The van der Waals surface area contributed by atoms with Gasteiger partial charge in [0.2, 0.25) is 0 Å². The van der Waals surface area contributed by atoms with Crippen molar-refractivity contribution in [2.24, 2.45) is 0 Å². The molecule has 0 amide bonds. The summed E-state index contributed by atoms with van der Waals surface area (Å²) in [4.78, 5) is 4.06. The fraction of sp³-hybridized carbons (Fsp3) is 0.538. The van der Waals surface area contributed by atoms with Gasteiger partial charge in [-0.1, -0.05) is 0 Å². The molecule has 1 aliphatic rings. The summed E-state index contributed by atoms with van der Waals surface area (Å²) in [7, 11) is -3.54. The Labute approximate surface area is 138 Å². The predicted octanol–water partition coefficient (Wildman–Crippen LogP) is 2.06. The van der Waals surface area contributed by atoms with Crippen molar-refractivity contribution in [1.82, 2.24) is 23.6 Å². The van der Waals surface area contributed by atoms with Crippen LogP contribution >= 0.6 is 15.9 Å². The van der Waals surface area contributed by atoms with Gasteiger partial charge in [0.25, 0.3) is 10.0 Å². The largest absolute Gasteiger partial charge is 0.334 e. The number of hydrogen-bond donors (Lipinski definition) is 0. The third kappa shape index (κ3) is 2.84. The molecular weight excluding hydrogens is 370 g/mol. The zero-order valence-corrected chi connectivity index (χ0v) is 14.8. The first-order valence-corrected chi connectivity index (χ1v) is 9.34. The average Bonchev–Trinajstić information content (AvgIpc) is 3.18. The van der Waals surface area contributed by atoms with Gasteiger partial charge in [-0.2, -0.15) is 9.40 Å². The second-order valence-electron chi connectivity index (χ2n) is 5.70. The first-order chi connectivity index (χ1) is 10.4. The monoisotopic (exact) mass is 387 g/mol. The number of rotatable bonds is 4. The van der Waals surface area contributed by atoms with E-state index in [4.69, 9.17) is 0 Å². The Morgan fingerprint density at radius 2 is 2.14 bits per heavy atom. The van der Waals surface area contributed by atoms with Crippen molar-refractivity contribution in [2.45, 2.75) is 37.4 Å². The summed E-state index contributed by atoms with van der Waals surface area (Å²) < 4.78 is 31.3. The molecule has 0 N–H and O–H groups in total. The maximum Gasteiger partial charge on any atom is 0.262 e. The van der Waals surface area contributed by atoms with Gasteiger partial charge in [0.15, 0.2) is 5.03 Å². The summed E-state index contributed by atoms with van der Waals surface area (Å²) in [6, 6.07) is 0.248. The summed E-state index contributed by atoms with van der Waals surface area (Å²) in [5.74, 6) is 0. The second-order valence-corrected chi connectivity index (χ2v) is 8.50. The van der Waals surface area contributed by atoms with Gasteiger partial charge >= 0.3 is 0 Å². The topological polar surface area (TPSA) is 73.0 Å². The zero-order valence-electron chi connectivity index (χ0n) is 12.4. The van der Waals surface area contributed by atoms with Gasteiger partial charge in [-0.3, -0.25) is 4.68 Å². The predicted molar refractivity (Wildman–Crippen MR) is 85.0 cm³/mol. The van der Waals surface area contributed by atoms with Crippen molar-refractivity contribution in [3.8, 4) is 0 Å². The molecule has 0 radical (unpaired) electrons. The van der Waals surface area contributed by atoms with Crippen molar-refractivity contribution in [1.29, 1.82) is 0 Å². The minimum absolute atomic E-state index is 0.0632. The molecule has 3 heterocycles. The Kier molecular flexibility index (Phi) is 4.13. The van der Waals surface area contributed by atoms with E-state index in [2.05, 4.69) is 26.0 Å². The molecule has 3 rings (SSSR count). The fourth-order valence-corrected chi connectivity index (χ4v) is 4.24. The van der Waals surface area contributed by atoms with Crippen molar-refractivity contribution in [3.05, 3.63) is 29.4 Å². The summed E-state index contributed by atoms with van der Waals surface area (Å²) in [6.45, 7) is 4.88. The van der Waals surface area contributed by atoms with E-state index in [1.807, 2.05) is 24.7 Å². The number of sulfonamides is 1. The minimum Gasteiger partial charge on any atom is -0.334 e. The molecule has 120 valence electrons. The van der Waals surface area contributed by atoms with E-state index in [1.165, 1.54) is 4.31 Å². The summed E-state index contributed by atoms with van der Waals surface area (Å²) in [5, 5.41) is 4.36. The van der Waals surface area contributed by atoms with E-state index in [0.717, 1.165) is 10.9 Å². The average molecular weight is 388 g/mol. The summed E-state index contributed by atoms with van der Waals surface area (Å²) >= 11 is 3.36. The molecule has 0 saturated carbocycles. The van der Waals surface area contributed by atoms with E-state index in [-0.39, 0.29) is 17.1 Å². The highest BCUT2D eigenvalue weighted by molar-refractivity contribution is 9.10. The fourth-order valence-electron chi connectivity index (χ4n) is 2.53. The molecule has 7 nitrogen and oxygen atoms in total. The lowest BCUT2D eigenvalue weighted by atomic mass is 10.3. The van der Waals surface area contributed by atoms with E-state index in [1.54, 1.807) is 23.3 Å². The Bertz CT molecular complexity index is 767. The maximum absolute atomic E-state index is 12.7. The SMILES string of the molecule is CC(C)n1cnc(S(=O)(=O)N2CCC(n3cc(Br)cn3)C2)c1. The number of aromatic nitrogens is 4. The van der Waals surface area contributed by atoms with Gasteiger partial charge in [-0.05, 0) is 36.2 Å². The Balaban J connectivity index is 1.78. The highest BCUT2D eigenvalue weighted by atomic mass is 79.9. The number of hydrogen-bond acceptors (Lipinski definition) is 4. The van der Waals surface area contributed by atoms with Gasteiger partial charge < -0.3 is 4.57 Å². The summed E-state index contributed by atoms with van der Waals surface area (Å²) in [5.41, 5.74) is 0.